The molecule has 0 aromatic heterocycles. The van der Waals surface area contributed by atoms with Crippen LogP contribution in [0.2, 0.25) is 0 Å². The number of carbonyl (C=O) groups is 1. The topological polar surface area (TPSA) is 116 Å². The fraction of sp³-hybridized carbons (Fsp3) is 0.273. The van der Waals surface area contributed by atoms with E-state index in [1.807, 2.05) is 60.5 Å². The number of amides is 1. The summed E-state index contributed by atoms with van der Waals surface area (Å²) in [4.78, 5) is 15.8. The van der Waals surface area contributed by atoms with Crippen LogP contribution in [0, 0.1) is 0 Å². The highest BCUT2D eigenvalue weighted by atomic mass is 32.2. The predicted molar refractivity (Wildman–Crippen MR) is 171 cm³/mol. The van der Waals surface area contributed by atoms with Gasteiger partial charge in [0.2, 0.25) is 15.9 Å². The third kappa shape index (κ3) is 6.12. The molecular formula is C33H34N4O5S2. The van der Waals surface area contributed by atoms with Gasteiger partial charge in [-0.3, -0.25) is 4.79 Å². The number of fused-ring (bicyclic) bond motifs is 2. The summed E-state index contributed by atoms with van der Waals surface area (Å²) in [6.45, 7) is 0.774. The lowest BCUT2D eigenvalue weighted by molar-refractivity contribution is -0.120. The molecule has 2 heterocycles. The average molecular weight is 631 g/mol. The van der Waals surface area contributed by atoms with E-state index in [0.717, 1.165) is 47.7 Å². The van der Waals surface area contributed by atoms with Gasteiger partial charge < -0.3 is 10.2 Å². The highest BCUT2D eigenvalue weighted by Gasteiger charge is 2.39. The van der Waals surface area contributed by atoms with Crippen LogP contribution in [0.25, 0.3) is 10.8 Å². The molecule has 0 bridgehead atoms. The van der Waals surface area contributed by atoms with E-state index in [4.69, 9.17) is 0 Å². The van der Waals surface area contributed by atoms with E-state index in [-0.39, 0.29) is 28.4 Å². The summed E-state index contributed by atoms with van der Waals surface area (Å²) in [6.07, 6.45) is 3.63. The summed E-state index contributed by atoms with van der Waals surface area (Å²) in [5.74, 6) is -0.0272. The van der Waals surface area contributed by atoms with Gasteiger partial charge in [0.1, 0.15) is 11.9 Å². The van der Waals surface area contributed by atoms with Gasteiger partial charge in [0.25, 0.3) is 10.0 Å². The van der Waals surface area contributed by atoms with Gasteiger partial charge in [0, 0.05) is 32.2 Å². The van der Waals surface area contributed by atoms with Crippen LogP contribution in [0.1, 0.15) is 36.8 Å². The first-order valence-electron chi connectivity index (χ1n) is 14.7. The number of hydrogen-bond acceptors (Lipinski definition) is 5. The number of benzene rings is 4. The Morgan fingerprint density at radius 3 is 2.36 bits per heavy atom. The van der Waals surface area contributed by atoms with Crippen molar-refractivity contribution < 1.29 is 21.6 Å². The Hall–Kier alpha value is -4.06. The Labute approximate surface area is 258 Å². The molecule has 44 heavy (non-hydrogen) atoms. The van der Waals surface area contributed by atoms with Crippen LogP contribution < -0.4 is 5.32 Å². The standard InChI is InChI=1S/C33H34N4O5S2/c1-36-19-8-2-3-16-32(36)35-43(39,40)29-15-9-14-28(22-29)34-33(38)31-21-26-12-6-7-13-27(26)23-37(31)44(41,42)30-18-17-24-10-4-5-11-25(24)20-30/h4-7,9-15,17-18,20,22,31H,2-3,8,16,19,21,23H2,1H3,(H,34,38)/b35-32+. The largest absolute Gasteiger partial charge is 0.362 e. The van der Waals surface area contributed by atoms with Crippen LogP contribution in [0.3, 0.4) is 0 Å². The van der Waals surface area contributed by atoms with Crippen molar-refractivity contribution in [3.05, 3.63) is 102 Å². The Balaban J connectivity index is 1.30. The van der Waals surface area contributed by atoms with Crippen LogP contribution in [0.15, 0.2) is 105 Å². The third-order valence-corrected chi connectivity index (χ3v) is 11.4. The van der Waals surface area contributed by atoms with Crippen LogP contribution in [-0.4, -0.2) is 57.4 Å². The fourth-order valence-electron chi connectivity index (χ4n) is 5.83. The van der Waals surface area contributed by atoms with Gasteiger partial charge in [-0.2, -0.15) is 12.7 Å². The summed E-state index contributed by atoms with van der Waals surface area (Å²) < 4.78 is 60.0. The second kappa shape index (κ2) is 12.1. The number of anilines is 1. The summed E-state index contributed by atoms with van der Waals surface area (Å²) in [7, 11) is -6.27. The van der Waals surface area contributed by atoms with Crippen molar-refractivity contribution in [2.24, 2.45) is 4.40 Å². The van der Waals surface area contributed by atoms with E-state index in [2.05, 4.69) is 9.71 Å². The van der Waals surface area contributed by atoms with Gasteiger partial charge in [-0.1, -0.05) is 67.1 Å². The van der Waals surface area contributed by atoms with Gasteiger partial charge >= 0.3 is 0 Å². The van der Waals surface area contributed by atoms with Crippen LogP contribution in [0.5, 0.6) is 0 Å². The van der Waals surface area contributed by atoms with Crippen LogP contribution in [-0.2, 0) is 37.8 Å². The SMILES string of the molecule is CN1CCCCC/C1=N\S(=O)(=O)c1cccc(NC(=O)C2Cc3ccccc3CN2S(=O)(=O)c2ccc3ccccc3c2)c1. The number of rotatable bonds is 6. The number of hydrogen-bond donors (Lipinski definition) is 1. The number of carbonyl (C=O) groups excluding carboxylic acids is 1. The second-order valence-corrected chi connectivity index (χ2v) is 14.8. The molecule has 6 rings (SSSR count). The lowest BCUT2D eigenvalue weighted by atomic mass is 9.95. The Bertz CT molecular complexity index is 1980. The molecule has 4 aromatic rings. The molecule has 1 unspecified atom stereocenters. The van der Waals surface area contributed by atoms with E-state index in [9.17, 15) is 21.6 Å². The maximum Gasteiger partial charge on any atom is 0.284 e. The highest BCUT2D eigenvalue weighted by molar-refractivity contribution is 7.90. The summed E-state index contributed by atoms with van der Waals surface area (Å²) in [5, 5.41) is 4.49. The maximum absolute atomic E-state index is 14.1. The molecule has 1 N–H and O–H groups in total. The maximum atomic E-state index is 14.1. The number of nitrogens with zero attached hydrogens (tertiary/aromatic N) is 3. The zero-order chi connectivity index (χ0) is 30.9. The number of amidine groups is 1. The molecule has 9 nitrogen and oxygen atoms in total. The molecule has 228 valence electrons. The molecule has 1 fully saturated rings. The zero-order valence-corrected chi connectivity index (χ0v) is 26.0. The molecule has 0 radical (unpaired) electrons. The van der Waals surface area contributed by atoms with Gasteiger partial charge in [0.15, 0.2) is 0 Å². The quantitative estimate of drug-likeness (QED) is 0.314. The lowest BCUT2D eigenvalue weighted by Crippen LogP contribution is -2.50. The van der Waals surface area contributed by atoms with Gasteiger partial charge in [-0.15, -0.1) is 4.40 Å². The first-order chi connectivity index (χ1) is 21.1. The molecule has 0 spiro atoms. The van der Waals surface area contributed by atoms with E-state index < -0.39 is 32.0 Å². The zero-order valence-electron chi connectivity index (χ0n) is 24.4. The first kappa shape index (κ1) is 30.0. The molecule has 1 atom stereocenters. The van der Waals surface area contributed by atoms with Crippen molar-refractivity contribution >= 4 is 48.2 Å². The van der Waals surface area contributed by atoms with Crippen molar-refractivity contribution in [2.75, 3.05) is 18.9 Å². The van der Waals surface area contributed by atoms with Gasteiger partial charge in [0.05, 0.1) is 9.79 Å². The van der Waals surface area contributed by atoms with Crippen LogP contribution in [0.4, 0.5) is 5.69 Å². The molecule has 0 aliphatic carbocycles. The minimum absolute atomic E-state index is 0.0306. The van der Waals surface area contributed by atoms with E-state index in [1.54, 1.807) is 30.3 Å². The minimum Gasteiger partial charge on any atom is -0.362 e. The molecule has 1 saturated heterocycles. The van der Waals surface area contributed by atoms with Crippen molar-refractivity contribution in [3.63, 3.8) is 0 Å². The van der Waals surface area contributed by atoms with Crippen LogP contribution >= 0.6 is 0 Å². The summed E-state index contributed by atoms with van der Waals surface area (Å²) in [5.41, 5.74) is 1.96. The number of likely N-dealkylation sites (tertiary alicyclic amines) is 1. The molecule has 2 aliphatic heterocycles. The minimum atomic E-state index is -4.08. The van der Waals surface area contributed by atoms with E-state index >= 15 is 0 Å². The molecule has 2 aliphatic rings. The number of nitrogens with one attached hydrogen (secondary N) is 1. The van der Waals surface area contributed by atoms with Crippen molar-refractivity contribution in [3.8, 4) is 0 Å². The highest BCUT2D eigenvalue weighted by Crippen LogP contribution is 2.31. The third-order valence-electron chi connectivity index (χ3n) is 8.30. The summed E-state index contributed by atoms with van der Waals surface area (Å²) in [6, 6.07) is 24.8. The van der Waals surface area contributed by atoms with Crippen molar-refractivity contribution in [1.82, 2.24) is 9.21 Å². The van der Waals surface area contributed by atoms with Gasteiger partial charge in [-0.25, -0.2) is 8.42 Å². The fourth-order valence-corrected chi connectivity index (χ4v) is 8.57. The lowest BCUT2D eigenvalue weighted by Gasteiger charge is -2.35. The van der Waals surface area contributed by atoms with Crippen molar-refractivity contribution in [1.29, 1.82) is 0 Å². The molecule has 0 saturated carbocycles. The molecular weight excluding hydrogens is 597 g/mol. The smallest absolute Gasteiger partial charge is 0.284 e. The Kier molecular flexibility index (Phi) is 8.28. The molecule has 1 amide bonds. The van der Waals surface area contributed by atoms with Gasteiger partial charge in [-0.05, 0) is 71.5 Å². The Morgan fingerprint density at radius 1 is 0.795 bits per heavy atom. The van der Waals surface area contributed by atoms with Crippen molar-refractivity contribution in [2.45, 2.75) is 54.5 Å². The van der Waals surface area contributed by atoms with E-state index in [0.29, 0.717) is 12.3 Å². The summed E-state index contributed by atoms with van der Waals surface area (Å²) >= 11 is 0. The predicted octanol–water partition coefficient (Wildman–Crippen LogP) is 5.19. The molecule has 11 heteroatoms. The van der Waals surface area contributed by atoms with E-state index in [1.165, 1.54) is 16.4 Å². The normalized spacial score (nSPS) is 19.0. The second-order valence-electron chi connectivity index (χ2n) is 11.3. The number of sulfonamides is 2. The molecule has 4 aromatic carbocycles. The monoisotopic (exact) mass is 630 g/mol. The first-order valence-corrected chi connectivity index (χ1v) is 17.5. The Morgan fingerprint density at radius 2 is 1.55 bits per heavy atom. The average Bonchev–Trinajstić information content (AvgIpc) is 3.23.